The number of ether oxygens (including phenoxy) is 3. The van der Waals surface area contributed by atoms with Crippen molar-refractivity contribution in [3.05, 3.63) is 0 Å². The Labute approximate surface area is 233 Å². The van der Waals surface area contributed by atoms with Crippen LogP contribution in [0.15, 0.2) is 0 Å². The van der Waals surface area contributed by atoms with Crippen LogP contribution in [0.25, 0.3) is 0 Å². The molecule has 1 unspecified atom stereocenters. The minimum absolute atomic E-state index is 0.0644. The number of ketones is 2. The summed E-state index contributed by atoms with van der Waals surface area (Å²) in [5, 5.41) is 33.8. The van der Waals surface area contributed by atoms with Crippen LogP contribution in [0.1, 0.15) is 74.7 Å². The predicted molar refractivity (Wildman–Crippen MR) is 145 cm³/mol. The molecule has 2 aliphatic rings. The van der Waals surface area contributed by atoms with Gasteiger partial charge in [-0.25, -0.2) is 0 Å². The summed E-state index contributed by atoms with van der Waals surface area (Å²) in [7, 11) is 3.68. The highest BCUT2D eigenvalue weighted by molar-refractivity contribution is 6.00. The van der Waals surface area contributed by atoms with Crippen LogP contribution in [-0.2, 0) is 28.6 Å². The number of aliphatic hydroxyl groups excluding tert-OH is 2. The Morgan fingerprint density at radius 3 is 2.10 bits per heavy atom. The summed E-state index contributed by atoms with van der Waals surface area (Å²) in [5.41, 5.74) is -1.72. The van der Waals surface area contributed by atoms with Crippen molar-refractivity contribution in [1.82, 2.24) is 4.90 Å². The fraction of sp³-hybridized carbons (Fsp3) is 0.897. The Bertz CT molecular complexity index is 862. The summed E-state index contributed by atoms with van der Waals surface area (Å²) in [6.07, 6.45) is -4.55. The molecule has 2 heterocycles. The number of rotatable bonds is 4. The molecule has 10 heteroatoms. The number of carbonyl (C=O) groups is 3. The molecule has 3 N–H and O–H groups in total. The second-order valence-electron chi connectivity index (χ2n) is 12.4. The van der Waals surface area contributed by atoms with Crippen LogP contribution in [0.5, 0.6) is 0 Å². The lowest BCUT2D eigenvalue weighted by molar-refractivity contribution is -0.293. The summed E-state index contributed by atoms with van der Waals surface area (Å²) in [5.74, 6) is -5.66. The van der Waals surface area contributed by atoms with Gasteiger partial charge in [0.15, 0.2) is 12.1 Å². The molecule has 0 aliphatic carbocycles. The number of carbonyl (C=O) groups excluding carboxylic acids is 3. The normalized spacial score (nSPS) is 45.6. The molecule has 10 nitrogen and oxygen atoms in total. The van der Waals surface area contributed by atoms with Gasteiger partial charge in [0.2, 0.25) is 0 Å². The van der Waals surface area contributed by atoms with Crippen LogP contribution in [0.3, 0.4) is 0 Å². The van der Waals surface area contributed by atoms with E-state index in [-0.39, 0.29) is 24.3 Å². The molecular weight excluding hydrogens is 506 g/mol. The average molecular weight is 558 g/mol. The number of aliphatic hydroxyl groups is 3. The third kappa shape index (κ3) is 7.65. The Morgan fingerprint density at radius 2 is 1.56 bits per heavy atom. The van der Waals surface area contributed by atoms with E-state index in [9.17, 15) is 29.7 Å². The van der Waals surface area contributed by atoms with Gasteiger partial charge < -0.3 is 34.4 Å². The molecule has 0 radical (unpaired) electrons. The largest absolute Gasteiger partial charge is 0.461 e. The van der Waals surface area contributed by atoms with Gasteiger partial charge in [0, 0.05) is 29.7 Å². The molecule has 0 bridgehead atoms. The third-order valence-electron chi connectivity index (χ3n) is 8.81. The standard InChI is InChI=1S/C29H51NO9/c1-11-21-16(4)23(32)17(5)22(31)14(2)13-29(8,36)26(18(6)24(33)19(7)27(35)38-21)39-28-25(34)20(30(9)10)12-15(3)37-28/h14-21,23,25-26,28,32,34,36H,11-13H2,1-10H3/t14-,15-,16+,17+,18+,19-,20+,21-,23+,25-,26-,28?,29-/m1/s1. The smallest absolute Gasteiger partial charge is 0.316 e. The van der Waals surface area contributed by atoms with E-state index in [1.165, 1.54) is 13.8 Å². The lowest BCUT2D eigenvalue weighted by Gasteiger charge is -2.45. The van der Waals surface area contributed by atoms with E-state index in [0.29, 0.717) is 12.8 Å². The lowest BCUT2D eigenvalue weighted by Crippen LogP contribution is -2.59. The molecule has 2 saturated heterocycles. The Morgan fingerprint density at radius 1 is 0.974 bits per heavy atom. The lowest BCUT2D eigenvalue weighted by atomic mass is 9.75. The number of cyclic esters (lactones) is 1. The highest BCUT2D eigenvalue weighted by Gasteiger charge is 2.49. The molecule has 2 fully saturated rings. The van der Waals surface area contributed by atoms with E-state index in [0.717, 1.165) is 0 Å². The molecule has 226 valence electrons. The fourth-order valence-corrected chi connectivity index (χ4v) is 6.20. The van der Waals surface area contributed by atoms with Crippen molar-refractivity contribution in [1.29, 1.82) is 0 Å². The van der Waals surface area contributed by atoms with E-state index in [2.05, 4.69) is 0 Å². The molecule has 13 atom stereocenters. The highest BCUT2D eigenvalue weighted by atomic mass is 16.7. The molecule has 0 aromatic rings. The first-order valence-electron chi connectivity index (χ1n) is 14.3. The van der Waals surface area contributed by atoms with Crippen molar-refractivity contribution >= 4 is 17.5 Å². The van der Waals surface area contributed by atoms with Crippen LogP contribution in [0.4, 0.5) is 0 Å². The zero-order chi connectivity index (χ0) is 30.0. The minimum atomic E-state index is -1.72. The Hall–Kier alpha value is -1.43. The van der Waals surface area contributed by atoms with Gasteiger partial charge in [0.1, 0.15) is 23.9 Å². The first-order valence-corrected chi connectivity index (χ1v) is 14.3. The first-order chi connectivity index (χ1) is 17.9. The van der Waals surface area contributed by atoms with Crippen LogP contribution < -0.4 is 0 Å². The second kappa shape index (κ2) is 13.5. The molecule has 0 spiro atoms. The summed E-state index contributed by atoms with van der Waals surface area (Å²) in [4.78, 5) is 41.9. The zero-order valence-corrected chi connectivity index (χ0v) is 25.3. The Kier molecular flexibility index (Phi) is 11.7. The van der Waals surface area contributed by atoms with Gasteiger partial charge in [-0.1, -0.05) is 34.6 Å². The number of hydrogen-bond donors (Lipinski definition) is 3. The van der Waals surface area contributed by atoms with Crippen molar-refractivity contribution in [3.8, 4) is 0 Å². The first kappa shape index (κ1) is 33.8. The Balaban J connectivity index is 2.52. The third-order valence-corrected chi connectivity index (χ3v) is 8.81. The molecular formula is C29H51NO9. The summed E-state index contributed by atoms with van der Waals surface area (Å²) in [6, 6.07) is -0.280. The molecule has 2 rings (SSSR count). The van der Waals surface area contributed by atoms with E-state index >= 15 is 0 Å². The summed E-state index contributed by atoms with van der Waals surface area (Å²) >= 11 is 0. The van der Waals surface area contributed by atoms with Gasteiger partial charge >= 0.3 is 5.97 Å². The minimum Gasteiger partial charge on any atom is -0.461 e. The van der Waals surface area contributed by atoms with Crippen LogP contribution in [-0.4, -0.2) is 100 Å². The van der Waals surface area contributed by atoms with Crippen LogP contribution in [0.2, 0.25) is 0 Å². The number of Topliss-reactive ketones (excluding diaryl/α,β-unsaturated/α-hetero) is 2. The SMILES string of the molecule is CC[C@H]1OC(=O)[C@H](C)C(=O)[C@H](C)[C@@H](OC2O[C@H](C)C[C@H](N(C)C)[C@H]2O)[C@](C)(O)C[C@@H](C)C(=O)[C@H](C)[C@@H](O)[C@H]1C. The van der Waals surface area contributed by atoms with Gasteiger partial charge in [0.25, 0.3) is 0 Å². The highest BCUT2D eigenvalue weighted by Crippen LogP contribution is 2.36. The van der Waals surface area contributed by atoms with Crippen molar-refractivity contribution in [3.63, 3.8) is 0 Å². The van der Waals surface area contributed by atoms with Crippen molar-refractivity contribution in [2.75, 3.05) is 14.1 Å². The maximum atomic E-state index is 13.6. The predicted octanol–water partition coefficient (Wildman–Crippen LogP) is 1.95. The van der Waals surface area contributed by atoms with Gasteiger partial charge in [-0.3, -0.25) is 14.4 Å². The zero-order valence-electron chi connectivity index (χ0n) is 25.3. The van der Waals surface area contributed by atoms with Crippen molar-refractivity contribution in [2.45, 2.75) is 123 Å². The van der Waals surface area contributed by atoms with Gasteiger partial charge in [-0.05, 0) is 54.1 Å². The maximum absolute atomic E-state index is 13.6. The molecule has 0 saturated carbocycles. The van der Waals surface area contributed by atoms with E-state index in [1.54, 1.807) is 27.7 Å². The summed E-state index contributed by atoms with van der Waals surface area (Å²) < 4.78 is 17.8. The molecule has 0 aromatic heterocycles. The molecule has 0 amide bonds. The molecule has 2 aliphatic heterocycles. The van der Waals surface area contributed by atoms with Crippen molar-refractivity contribution in [2.24, 2.45) is 29.6 Å². The van der Waals surface area contributed by atoms with Gasteiger partial charge in [-0.15, -0.1) is 0 Å². The van der Waals surface area contributed by atoms with E-state index < -0.39 is 77.6 Å². The maximum Gasteiger partial charge on any atom is 0.316 e. The average Bonchev–Trinajstić information content (AvgIpc) is 2.87. The molecule has 0 aromatic carbocycles. The monoisotopic (exact) mass is 557 g/mol. The van der Waals surface area contributed by atoms with E-state index in [1.807, 2.05) is 32.8 Å². The topological polar surface area (TPSA) is 143 Å². The van der Waals surface area contributed by atoms with Crippen LogP contribution in [0, 0.1) is 29.6 Å². The van der Waals surface area contributed by atoms with E-state index in [4.69, 9.17) is 14.2 Å². The quantitative estimate of drug-likeness (QED) is 0.347. The van der Waals surface area contributed by atoms with Crippen LogP contribution >= 0.6 is 0 Å². The molecule has 39 heavy (non-hydrogen) atoms. The second-order valence-corrected chi connectivity index (χ2v) is 12.4. The number of nitrogens with zero attached hydrogens (tertiary/aromatic N) is 1. The number of likely N-dealkylation sites (N-methyl/N-ethyl adjacent to an activating group) is 1. The summed E-state index contributed by atoms with van der Waals surface area (Å²) in [6.45, 7) is 13.2. The van der Waals surface area contributed by atoms with Gasteiger partial charge in [0.05, 0.1) is 23.9 Å². The number of esters is 1. The number of hydrogen-bond acceptors (Lipinski definition) is 10. The van der Waals surface area contributed by atoms with Crippen molar-refractivity contribution < 1.29 is 43.9 Å². The fourth-order valence-electron chi connectivity index (χ4n) is 6.20. The van der Waals surface area contributed by atoms with Gasteiger partial charge in [-0.2, -0.15) is 0 Å².